The fraction of sp³-hybridized carbons (Fsp3) is 0.538. The number of nitro groups is 1. The highest BCUT2D eigenvalue weighted by Crippen LogP contribution is 2.24. The summed E-state index contributed by atoms with van der Waals surface area (Å²) in [4.78, 5) is 12.5. The summed E-state index contributed by atoms with van der Waals surface area (Å²) in [6.45, 7) is 7.66. The number of benzene rings is 1. The van der Waals surface area contributed by atoms with Crippen LogP contribution in [-0.2, 0) is 6.54 Å². The van der Waals surface area contributed by atoms with Crippen LogP contribution in [-0.4, -0.2) is 27.5 Å². The standard InChI is InChI=1S/C13H20N2O3/c1-4-7-14(10(2)3)9-11-8-12(15(17)18)5-6-13(11)16/h5-6,8,10,16H,4,7,9H2,1-3H3. The topological polar surface area (TPSA) is 66.6 Å². The van der Waals surface area contributed by atoms with Crippen molar-refractivity contribution in [1.82, 2.24) is 4.90 Å². The van der Waals surface area contributed by atoms with E-state index >= 15 is 0 Å². The van der Waals surface area contributed by atoms with Crippen molar-refractivity contribution in [2.75, 3.05) is 6.54 Å². The highest BCUT2D eigenvalue weighted by atomic mass is 16.6. The summed E-state index contributed by atoms with van der Waals surface area (Å²) in [7, 11) is 0. The number of rotatable bonds is 6. The monoisotopic (exact) mass is 252 g/mol. The lowest BCUT2D eigenvalue weighted by Gasteiger charge is -2.26. The maximum Gasteiger partial charge on any atom is 0.270 e. The van der Waals surface area contributed by atoms with Crippen LogP contribution in [0.3, 0.4) is 0 Å². The average Bonchev–Trinajstić information content (AvgIpc) is 2.30. The third-order valence-electron chi connectivity index (χ3n) is 2.89. The van der Waals surface area contributed by atoms with Crippen LogP contribution in [0.25, 0.3) is 0 Å². The first kappa shape index (κ1) is 14.4. The second-order valence-electron chi connectivity index (χ2n) is 4.63. The quantitative estimate of drug-likeness (QED) is 0.624. The van der Waals surface area contributed by atoms with Gasteiger partial charge in [-0.3, -0.25) is 15.0 Å². The summed E-state index contributed by atoms with van der Waals surface area (Å²) in [6, 6.07) is 4.49. The molecule has 0 bridgehead atoms. The maximum absolute atomic E-state index is 10.7. The smallest absolute Gasteiger partial charge is 0.270 e. The van der Waals surface area contributed by atoms with Gasteiger partial charge in [0.25, 0.3) is 5.69 Å². The van der Waals surface area contributed by atoms with Crippen molar-refractivity contribution in [2.24, 2.45) is 0 Å². The van der Waals surface area contributed by atoms with Gasteiger partial charge in [-0.2, -0.15) is 0 Å². The number of phenolic OH excluding ortho intramolecular Hbond substituents is 1. The van der Waals surface area contributed by atoms with Crippen LogP contribution in [0.5, 0.6) is 5.75 Å². The molecule has 0 radical (unpaired) electrons. The van der Waals surface area contributed by atoms with E-state index in [1.165, 1.54) is 18.2 Å². The second kappa shape index (κ2) is 6.35. The van der Waals surface area contributed by atoms with E-state index in [9.17, 15) is 15.2 Å². The molecule has 0 amide bonds. The number of non-ortho nitro benzene ring substituents is 1. The number of aromatic hydroxyl groups is 1. The zero-order chi connectivity index (χ0) is 13.7. The van der Waals surface area contributed by atoms with Crippen molar-refractivity contribution in [1.29, 1.82) is 0 Å². The highest BCUT2D eigenvalue weighted by molar-refractivity contribution is 5.42. The second-order valence-corrected chi connectivity index (χ2v) is 4.63. The predicted octanol–water partition coefficient (Wildman–Crippen LogP) is 2.92. The van der Waals surface area contributed by atoms with Gasteiger partial charge in [-0.1, -0.05) is 6.92 Å². The Kier molecular flexibility index (Phi) is 5.09. The zero-order valence-corrected chi connectivity index (χ0v) is 11.1. The Bertz CT molecular complexity index is 419. The van der Waals surface area contributed by atoms with Gasteiger partial charge in [-0.15, -0.1) is 0 Å². The van der Waals surface area contributed by atoms with E-state index in [1.54, 1.807) is 0 Å². The number of hydrogen-bond donors (Lipinski definition) is 1. The van der Waals surface area contributed by atoms with Crippen molar-refractivity contribution in [3.8, 4) is 5.75 Å². The molecule has 0 saturated carbocycles. The third-order valence-corrected chi connectivity index (χ3v) is 2.89. The van der Waals surface area contributed by atoms with Gasteiger partial charge >= 0.3 is 0 Å². The molecule has 0 aliphatic carbocycles. The van der Waals surface area contributed by atoms with Crippen LogP contribution in [0.1, 0.15) is 32.8 Å². The molecule has 1 rings (SSSR count). The molecule has 0 spiro atoms. The molecule has 5 nitrogen and oxygen atoms in total. The van der Waals surface area contributed by atoms with Gasteiger partial charge in [-0.25, -0.2) is 0 Å². The lowest BCUT2D eigenvalue weighted by Crippen LogP contribution is -2.31. The van der Waals surface area contributed by atoms with Gasteiger partial charge in [0.2, 0.25) is 0 Å². The molecule has 1 N–H and O–H groups in total. The number of phenols is 1. The Morgan fingerprint density at radius 1 is 1.44 bits per heavy atom. The Morgan fingerprint density at radius 2 is 2.11 bits per heavy atom. The summed E-state index contributed by atoms with van der Waals surface area (Å²) in [5, 5.41) is 20.5. The molecule has 0 unspecified atom stereocenters. The largest absolute Gasteiger partial charge is 0.508 e. The molecular formula is C13H20N2O3. The fourth-order valence-corrected chi connectivity index (χ4v) is 1.84. The van der Waals surface area contributed by atoms with Crippen molar-refractivity contribution < 1.29 is 10.0 Å². The molecule has 0 saturated heterocycles. The van der Waals surface area contributed by atoms with E-state index in [-0.39, 0.29) is 11.4 Å². The van der Waals surface area contributed by atoms with Crippen molar-refractivity contribution in [3.05, 3.63) is 33.9 Å². The van der Waals surface area contributed by atoms with Gasteiger partial charge in [0.15, 0.2) is 0 Å². The minimum atomic E-state index is -0.442. The first-order chi connectivity index (χ1) is 8.45. The summed E-state index contributed by atoms with van der Waals surface area (Å²) in [5.41, 5.74) is 0.620. The average molecular weight is 252 g/mol. The fourth-order valence-electron chi connectivity index (χ4n) is 1.84. The normalized spacial score (nSPS) is 11.2. The van der Waals surface area contributed by atoms with Crippen LogP contribution in [0.15, 0.2) is 18.2 Å². The lowest BCUT2D eigenvalue weighted by molar-refractivity contribution is -0.385. The van der Waals surface area contributed by atoms with Gasteiger partial charge in [-0.05, 0) is 32.9 Å². The predicted molar refractivity (Wildman–Crippen MR) is 70.6 cm³/mol. The lowest BCUT2D eigenvalue weighted by atomic mass is 10.1. The van der Waals surface area contributed by atoms with Crippen LogP contribution in [0.4, 0.5) is 5.69 Å². The van der Waals surface area contributed by atoms with Crippen LogP contribution in [0.2, 0.25) is 0 Å². The van der Waals surface area contributed by atoms with Gasteiger partial charge in [0, 0.05) is 30.3 Å². The Labute approximate surface area is 107 Å². The van der Waals surface area contributed by atoms with E-state index in [1.807, 2.05) is 0 Å². The number of nitrogens with zero attached hydrogens (tertiary/aromatic N) is 2. The van der Waals surface area contributed by atoms with Gasteiger partial charge in [0.1, 0.15) is 5.75 Å². The maximum atomic E-state index is 10.7. The Hall–Kier alpha value is -1.62. The zero-order valence-electron chi connectivity index (χ0n) is 11.1. The van der Waals surface area contributed by atoms with Gasteiger partial charge < -0.3 is 5.11 Å². The summed E-state index contributed by atoms with van der Waals surface area (Å²) >= 11 is 0. The molecule has 0 fully saturated rings. The number of nitro benzene ring substituents is 1. The molecule has 0 atom stereocenters. The van der Waals surface area contributed by atoms with E-state index < -0.39 is 4.92 Å². The van der Waals surface area contributed by atoms with Crippen molar-refractivity contribution >= 4 is 5.69 Å². The first-order valence-corrected chi connectivity index (χ1v) is 6.16. The summed E-state index contributed by atoms with van der Waals surface area (Å²) in [6.07, 6.45) is 1.01. The van der Waals surface area contributed by atoms with Crippen molar-refractivity contribution in [2.45, 2.75) is 39.8 Å². The molecule has 100 valence electrons. The third kappa shape index (κ3) is 3.70. The van der Waals surface area contributed by atoms with E-state index in [0.29, 0.717) is 18.2 Å². The van der Waals surface area contributed by atoms with E-state index in [0.717, 1.165) is 13.0 Å². The molecule has 0 heterocycles. The first-order valence-electron chi connectivity index (χ1n) is 6.16. The Morgan fingerprint density at radius 3 is 2.61 bits per heavy atom. The van der Waals surface area contributed by atoms with Crippen molar-refractivity contribution in [3.63, 3.8) is 0 Å². The minimum absolute atomic E-state index is 0.0167. The van der Waals surface area contributed by atoms with Crippen LogP contribution in [0, 0.1) is 10.1 Å². The number of hydrogen-bond acceptors (Lipinski definition) is 4. The molecule has 0 aromatic heterocycles. The van der Waals surface area contributed by atoms with E-state index in [2.05, 4.69) is 25.7 Å². The van der Waals surface area contributed by atoms with E-state index in [4.69, 9.17) is 0 Å². The van der Waals surface area contributed by atoms with Crippen LogP contribution >= 0.6 is 0 Å². The molecular weight excluding hydrogens is 232 g/mol. The molecule has 0 aliphatic rings. The molecule has 0 aliphatic heterocycles. The minimum Gasteiger partial charge on any atom is -0.508 e. The molecule has 1 aromatic carbocycles. The molecule has 5 heteroatoms. The SMILES string of the molecule is CCCN(Cc1cc([N+](=O)[O-])ccc1O)C(C)C. The summed E-state index contributed by atoms with van der Waals surface area (Å²) < 4.78 is 0. The summed E-state index contributed by atoms with van der Waals surface area (Å²) in [5.74, 6) is 0.113. The highest BCUT2D eigenvalue weighted by Gasteiger charge is 2.15. The molecule has 18 heavy (non-hydrogen) atoms. The van der Waals surface area contributed by atoms with Gasteiger partial charge in [0.05, 0.1) is 4.92 Å². The van der Waals surface area contributed by atoms with Crippen LogP contribution < -0.4 is 0 Å². The molecule has 1 aromatic rings. The Balaban J connectivity index is 2.93.